The van der Waals surface area contributed by atoms with Crippen LogP contribution in [0.2, 0.25) is 0 Å². The van der Waals surface area contributed by atoms with E-state index >= 15 is 0 Å². The molecule has 1 aliphatic carbocycles. The van der Waals surface area contributed by atoms with Crippen LogP contribution in [0.3, 0.4) is 0 Å². The average Bonchev–Trinajstić information content (AvgIpc) is 3.54. The number of ketones is 1. The molecule has 1 atom stereocenters. The Hall–Kier alpha value is -2.61. The third-order valence-corrected chi connectivity index (χ3v) is 5.87. The van der Waals surface area contributed by atoms with E-state index in [0.29, 0.717) is 22.3 Å². The Morgan fingerprint density at radius 2 is 1.93 bits per heavy atom. The maximum Gasteiger partial charge on any atom is 0.445 e. The van der Waals surface area contributed by atoms with Gasteiger partial charge in [-0.2, -0.15) is 9.48 Å². The van der Waals surface area contributed by atoms with Crippen molar-refractivity contribution >= 4 is 46.2 Å². The van der Waals surface area contributed by atoms with Gasteiger partial charge in [0.15, 0.2) is 11.7 Å². The SMILES string of the molecule is CN1C(=O)C2C(SCC(=O)c3ccccc3)=NC(C3CC3)=NC2=[N+](C)C1=O. The number of rotatable bonds is 4. The molecule has 7 nitrogen and oxygen atoms in total. The van der Waals surface area contributed by atoms with E-state index in [4.69, 9.17) is 0 Å². The summed E-state index contributed by atoms with van der Waals surface area (Å²) in [5.41, 5.74) is 0.626. The maximum atomic E-state index is 12.7. The van der Waals surface area contributed by atoms with Gasteiger partial charge in [-0.15, -0.1) is 11.8 Å². The summed E-state index contributed by atoms with van der Waals surface area (Å²) in [5, 5.41) is 0.544. The molecule has 1 aromatic rings. The van der Waals surface area contributed by atoms with Gasteiger partial charge in [-0.1, -0.05) is 35.3 Å². The number of amides is 3. The van der Waals surface area contributed by atoms with Crippen LogP contribution in [0.4, 0.5) is 4.79 Å². The monoisotopic (exact) mass is 383 g/mol. The van der Waals surface area contributed by atoms with E-state index in [2.05, 4.69) is 9.98 Å². The molecule has 1 aromatic carbocycles. The molecule has 4 rings (SSSR count). The van der Waals surface area contributed by atoms with Gasteiger partial charge in [0, 0.05) is 11.5 Å². The number of carbonyl (C=O) groups is 3. The fraction of sp³-hybridized carbons (Fsp3) is 0.368. The lowest BCUT2D eigenvalue weighted by atomic mass is 10.0. The Labute approximate surface area is 160 Å². The van der Waals surface area contributed by atoms with Crippen molar-refractivity contribution in [3.05, 3.63) is 35.9 Å². The summed E-state index contributed by atoms with van der Waals surface area (Å²) in [6.07, 6.45) is 2.01. The lowest BCUT2D eigenvalue weighted by molar-refractivity contribution is -0.407. The van der Waals surface area contributed by atoms with E-state index in [1.165, 1.54) is 23.4 Å². The molecule has 1 fully saturated rings. The fourth-order valence-electron chi connectivity index (χ4n) is 3.08. The molecular formula is C19H19N4O3S+. The van der Waals surface area contributed by atoms with Crippen molar-refractivity contribution in [3.63, 3.8) is 0 Å². The van der Waals surface area contributed by atoms with Crippen molar-refractivity contribution in [1.29, 1.82) is 0 Å². The summed E-state index contributed by atoms with van der Waals surface area (Å²) in [7, 11) is 3.07. The van der Waals surface area contributed by atoms with Crippen LogP contribution in [0.1, 0.15) is 23.2 Å². The second-order valence-electron chi connectivity index (χ2n) is 6.80. The van der Waals surface area contributed by atoms with E-state index in [-0.39, 0.29) is 23.4 Å². The van der Waals surface area contributed by atoms with Crippen molar-refractivity contribution in [2.45, 2.75) is 12.8 Å². The van der Waals surface area contributed by atoms with E-state index in [9.17, 15) is 14.4 Å². The Morgan fingerprint density at radius 3 is 2.59 bits per heavy atom. The van der Waals surface area contributed by atoms with Crippen LogP contribution in [0.15, 0.2) is 40.3 Å². The highest BCUT2D eigenvalue weighted by Gasteiger charge is 2.50. The molecule has 1 saturated carbocycles. The summed E-state index contributed by atoms with van der Waals surface area (Å²) in [5.74, 6) is 0.416. The molecule has 0 spiro atoms. The Bertz CT molecular complexity index is 932. The number of hydrogen-bond donors (Lipinski definition) is 0. The molecule has 8 heteroatoms. The minimum atomic E-state index is -0.728. The highest BCUT2D eigenvalue weighted by atomic mass is 32.2. The topological polar surface area (TPSA) is 82.2 Å². The van der Waals surface area contributed by atoms with Gasteiger partial charge in [0.25, 0.3) is 5.84 Å². The van der Waals surface area contributed by atoms with Crippen LogP contribution in [0, 0.1) is 11.8 Å². The zero-order chi connectivity index (χ0) is 19.1. The lowest BCUT2D eigenvalue weighted by Gasteiger charge is -2.26. The van der Waals surface area contributed by atoms with Crippen LogP contribution >= 0.6 is 11.8 Å². The van der Waals surface area contributed by atoms with Crippen LogP contribution in [-0.2, 0) is 4.79 Å². The van der Waals surface area contributed by atoms with Crippen LogP contribution < -0.4 is 0 Å². The third kappa shape index (κ3) is 3.25. The number of thioether (sulfide) groups is 1. The number of nitrogens with zero attached hydrogens (tertiary/aromatic N) is 4. The molecule has 138 valence electrons. The van der Waals surface area contributed by atoms with E-state index < -0.39 is 11.9 Å². The van der Waals surface area contributed by atoms with Crippen LogP contribution in [-0.4, -0.2) is 63.8 Å². The number of carbonyl (C=O) groups excluding carboxylic acids is 3. The number of amidine groups is 2. The van der Waals surface area contributed by atoms with Crippen molar-refractivity contribution in [2.24, 2.45) is 21.8 Å². The predicted octanol–water partition coefficient (Wildman–Crippen LogP) is 2.07. The standard InChI is InChI=1S/C19H19N4O3S/c1-22-16-14(18(25)23(2)19(22)26)17(21-15(20-16)12-8-9-12)27-10-13(24)11-6-4-3-5-7-11/h3-7,12,14H,8-10H2,1-2H3/q+1. The van der Waals surface area contributed by atoms with Gasteiger partial charge in [-0.05, 0) is 12.8 Å². The first-order valence-electron chi connectivity index (χ1n) is 8.77. The van der Waals surface area contributed by atoms with Gasteiger partial charge in [-0.3, -0.25) is 9.59 Å². The maximum absolute atomic E-state index is 12.7. The number of hydrogen-bond acceptors (Lipinski definition) is 6. The van der Waals surface area contributed by atoms with Gasteiger partial charge >= 0.3 is 11.9 Å². The molecule has 0 saturated heterocycles. The number of fused-ring (bicyclic) bond motifs is 1. The van der Waals surface area contributed by atoms with Crippen molar-refractivity contribution in [2.75, 3.05) is 19.8 Å². The molecule has 3 amide bonds. The smallest absolute Gasteiger partial charge is 0.293 e. The van der Waals surface area contributed by atoms with Crippen molar-refractivity contribution in [1.82, 2.24) is 4.90 Å². The minimum absolute atomic E-state index is 0.0265. The highest BCUT2D eigenvalue weighted by molar-refractivity contribution is 8.14. The van der Waals surface area contributed by atoms with Gasteiger partial charge in [0.2, 0.25) is 5.84 Å². The second kappa shape index (κ2) is 6.84. The second-order valence-corrected chi connectivity index (χ2v) is 7.80. The normalized spacial score (nSPS) is 22.4. The first-order valence-corrected chi connectivity index (χ1v) is 9.76. The van der Waals surface area contributed by atoms with Gasteiger partial charge in [0.1, 0.15) is 5.04 Å². The van der Waals surface area contributed by atoms with Gasteiger partial charge in [0.05, 0.1) is 19.8 Å². The number of benzene rings is 1. The summed E-state index contributed by atoms with van der Waals surface area (Å²) in [6, 6.07) is 8.63. The Balaban J connectivity index is 1.64. The molecule has 1 unspecified atom stereocenters. The molecule has 0 aromatic heterocycles. The highest BCUT2D eigenvalue weighted by Crippen LogP contribution is 2.35. The van der Waals surface area contributed by atoms with E-state index in [1.807, 2.05) is 18.2 Å². The lowest BCUT2D eigenvalue weighted by Crippen LogP contribution is -2.54. The number of urea groups is 1. The molecular weight excluding hydrogens is 364 g/mol. The molecule has 2 aliphatic heterocycles. The molecule has 2 heterocycles. The Morgan fingerprint density at radius 1 is 1.22 bits per heavy atom. The number of imide groups is 1. The largest absolute Gasteiger partial charge is 0.445 e. The van der Waals surface area contributed by atoms with Crippen LogP contribution in [0.5, 0.6) is 0 Å². The molecule has 0 bridgehead atoms. The first-order chi connectivity index (χ1) is 13.0. The van der Waals surface area contributed by atoms with Gasteiger partial charge < -0.3 is 0 Å². The first kappa shape index (κ1) is 17.8. The molecule has 3 aliphatic rings. The summed E-state index contributed by atoms with van der Waals surface area (Å²) in [6.45, 7) is 0. The Kier molecular flexibility index (Phi) is 4.51. The van der Waals surface area contributed by atoms with Crippen molar-refractivity contribution in [3.8, 4) is 0 Å². The van der Waals surface area contributed by atoms with E-state index in [1.54, 1.807) is 19.2 Å². The molecule has 0 radical (unpaired) electrons. The number of aliphatic imine (C=N–C) groups is 2. The summed E-state index contributed by atoms with van der Waals surface area (Å²) >= 11 is 1.26. The zero-order valence-corrected chi connectivity index (χ0v) is 15.9. The minimum Gasteiger partial charge on any atom is -0.293 e. The summed E-state index contributed by atoms with van der Waals surface area (Å²) < 4.78 is 1.41. The molecule has 27 heavy (non-hydrogen) atoms. The number of Topliss-reactive ketones (excluding diaryl/α,β-unsaturated/α-hetero) is 1. The summed E-state index contributed by atoms with van der Waals surface area (Å²) in [4.78, 5) is 47.7. The fourth-order valence-corrected chi connectivity index (χ4v) is 4.05. The van der Waals surface area contributed by atoms with Crippen LogP contribution in [0.25, 0.3) is 0 Å². The predicted molar refractivity (Wildman–Crippen MR) is 104 cm³/mol. The van der Waals surface area contributed by atoms with Crippen molar-refractivity contribution < 1.29 is 19.0 Å². The quantitative estimate of drug-likeness (QED) is 0.589. The zero-order valence-electron chi connectivity index (χ0n) is 15.1. The average molecular weight is 383 g/mol. The third-order valence-electron chi connectivity index (χ3n) is 4.84. The molecule has 0 N–H and O–H groups in total. The van der Waals surface area contributed by atoms with Gasteiger partial charge in [-0.25, -0.2) is 9.79 Å². The van der Waals surface area contributed by atoms with E-state index in [0.717, 1.165) is 17.7 Å².